The van der Waals surface area contributed by atoms with Crippen LogP contribution in [0.4, 0.5) is 4.39 Å². The van der Waals surface area contributed by atoms with Gasteiger partial charge in [-0.25, -0.2) is 4.98 Å². The summed E-state index contributed by atoms with van der Waals surface area (Å²) in [6, 6.07) is 0. The third-order valence-corrected chi connectivity index (χ3v) is 1.49. The van der Waals surface area contributed by atoms with Gasteiger partial charge in [0, 0.05) is 0 Å². The van der Waals surface area contributed by atoms with Crippen LogP contribution in [0.15, 0.2) is 6.20 Å². The van der Waals surface area contributed by atoms with Crippen molar-refractivity contribution in [2.75, 3.05) is 0 Å². The van der Waals surface area contributed by atoms with E-state index >= 15 is 0 Å². The minimum atomic E-state index is -0.691. The third-order valence-electron chi connectivity index (χ3n) is 0.688. The number of aromatic nitrogens is 1. The van der Waals surface area contributed by atoms with Crippen molar-refractivity contribution in [2.24, 2.45) is 5.73 Å². The van der Waals surface area contributed by atoms with Gasteiger partial charge in [0.2, 0.25) is 0 Å². The first-order valence-corrected chi connectivity index (χ1v) is 2.93. The van der Waals surface area contributed by atoms with Crippen molar-refractivity contribution in [1.82, 2.24) is 4.98 Å². The van der Waals surface area contributed by atoms with E-state index in [-0.39, 0.29) is 5.01 Å². The molecule has 0 aliphatic heterocycles. The number of rotatable bonds is 1. The summed E-state index contributed by atoms with van der Waals surface area (Å²) >= 11 is 0.644. The molecule has 0 unspecified atom stereocenters. The van der Waals surface area contributed by atoms with Gasteiger partial charge < -0.3 is 5.73 Å². The Hall–Kier alpha value is -0.970. The highest BCUT2D eigenvalue weighted by atomic mass is 32.1. The van der Waals surface area contributed by atoms with Gasteiger partial charge in [-0.1, -0.05) is 11.3 Å². The number of amides is 1. The van der Waals surface area contributed by atoms with Gasteiger partial charge in [-0.15, -0.1) is 0 Å². The van der Waals surface area contributed by atoms with Crippen molar-refractivity contribution in [3.05, 3.63) is 16.3 Å². The average Bonchev–Trinajstić information content (AvgIpc) is 2.14. The first-order valence-electron chi connectivity index (χ1n) is 2.11. The molecule has 1 heterocycles. The van der Waals surface area contributed by atoms with Crippen LogP contribution in [0.2, 0.25) is 0 Å². The second-order valence-corrected chi connectivity index (χ2v) is 2.31. The standard InChI is InChI=1S/C4H3FN2OS/c5-2-1-7-4(9-2)3(6)8/h1H,(H2,6,8). The Morgan fingerprint density at radius 3 is 2.78 bits per heavy atom. The molecule has 0 saturated carbocycles. The third kappa shape index (κ3) is 1.23. The van der Waals surface area contributed by atoms with Gasteiger partial charge in [0.25, 0.3) is 5.91 Å². The van der Waals surface area contributed by atoms with Gasteiger partial charge in [0.1, 0.15) is 0 Å². The minimum Gasteiger partial charge on any atom is -0.364 e. The molecule has 2 N–H and O–H groups in total. The summed E-state index contributed by atoms with van der Waals surface area (Å²) in [4.78, 5) is 13.6. The fraction of sp³-hybridized carbons (Fsp3) is 0. The minimum absolute atomic E-state index is 0.00694. The zero-order valence-corrected chi connectivity index (χ0v) is 5.11. The monoisotopic (exact) mass is 146 g/mol. The number of thiazole rings is 1. The molecule has 0 aromatic carbocycles. The number of halogens is 1. The van der Waals surface area contributed by atoms with Crippen molar-refractivity contribution >= 4 is 17.2 Å². The molecule has 0 spiro atoms. The number of carbonyl (C=O) groups excluding carboxylic acids is 1. The predicted molar refractivity (Wildman–Crippen MR) is 30.6 cm³/mol. The largest absolute Gasteiger partial charge is 0.364 e. The summed E-state index contributed by atoms with van der Waals surface area (Å²) in [6.45, 7) is 0. The van der Waals surface area contributed by atoms with Crippen molar-refractivity contribution in [1.29, 1.82) is 0 Å². The number of carbonyl (C=O) groups is 1. The molecule has 0 bridgehead atoms. The van der Waals surface area contributed by atoms with Crippen molar-refractivity contribution in [2.45, 2.75) is 0 Å². The molecule has 0 saturated heterocycles. The number of primary amides is 1. The van der Waals surface area contributed by atoms with Crippen molar-refractivity contribution in [3.63, 3.8) is 0 Å². The van der Waals surface area contributed by atoms with Crippen LogP contribution >= 0.6 is 11.3 Å². The number of nitrogens with zero attached hydrogens (tertiary/aromatic N) is 1. The Bertz CT molecular complexity index is 234. The van der Waals surface area contributed by atoms with E-state index in [1.54, 1.807) is 0 Å². The van der Waals surface area contributed by atoms with E-state index < -0.39 is 11.0 Å². The molecule has 3 nitrogen and oxygen atoms in total. The van der Waals surface area contributed by atoms with Crippen LogP contribution in [0, 0.1) is 5.13 Å². The van der Waals surface area contributed by atoms with Crippen LogP contribution in [0.3, 0.4) is 0 Å². The van der Waals surface area contributed by atoms with Crippen LogP contribution in [0.5, 0.6) is 0 Å². The van der Waals surface area contributed by atoms with Gasteiger partial charge in [-0.2, -0.15) is 4.39 Å². The molecule has 1 amide bonds. The van der Waals surface area contributed by atoms with Gasteiger partial charge in [0.15, 0.2) is 10.1 Å². The normalized spacial score (nSPS) is 9.44. The maximum absolute atomic E-state index is 12.0. The van der Waals surface area contributed by atoms with E-state index in [1.165, 1.54) is 0 Å². The summed E-state index contributed by atoms with van der Waals surface area (Å²) in [5.74, 6) is -0.691. The molecule has 0 atom stereocenters. The molecule has 5 heteroatoms. The van der Waals surface area contributed by atoms with Crippen LogP contribution in [0.1, 0.15) is 9.80 Å². The Morgan fingerprint density at radius 2 is 2.56 bits per heavy atom. The quantitative estimate of drug-likeness (QED) is 0.622. The fourth-order valence-electron chi connectivity index (χ4n) is 0.368. The van der Waals surface area contributed by atoms with Crippen LogP contribution < -0.4 is 5.73 Å². The van der Waals surface area contributed by atoms with Crippen LogP contribution in [-0.2, 0) is 0 Å². The highest BCUT2D eigenvalue weighted by molar-refractivity contribution is 7.11. The lowest BCUT2D eigenvalue weighted by atomic mass is 10.7. The second-order valence-electron chi connectivity index (χ2n) is 1.33. The average molecular weight is 146 g/mol. The highest BCUT2D eigenvalue weighted by Crippen LogP contribution is 2.08. The predicted octanol–water partition coefficient (Wildman–Crippen LogP) is 0.381. The Morgan fingerprint density at radius 1 is 1.89 bits per heavy atom. The first-order chi connectivity index (χ1) is 4.20. The van der Waals surface area contributed by atoms with Crippen molar-refractivity contribution in [3.8, 4) is 0 Å². The zero-order valence-electron chi connectivity index (χ0n) is 4.30. The SMILES string of the molecule is NC(=O)c1ncc(F)s1. The maximum Gasteiger partial charge on any atom is 0.277 e. The van der Waals surface area contributed by atoms with E-state index in [9.17, 15) is 9.18 Å². The van der Waals surface area contributed by atoms with Gasteiger partial charge in [-0.05, 0) is 0 Å². The second kappa shape index (κ2) is 2.10. The lowest BCUT2D eigenvalue weighted by molar-refractivity contribution is 0.1000. The topological polar surface area (TPSA) is 56.0 Å². The molecule has 1 aromatic heterocycles. The summed E-state index contributed by atoms with van der Waals surface area (Å²) in [7, 11) is 0. The lowest BCUT2D eigenvalue weighted by Gasteiger charge is -1.78. The zero-order chi connectivity index (χ0) is 6.85. The molecule has 1 rings (SSSR count). The molecule has 0 aliphatic rings. The molecule has 48 valence electrons. The number of hydrogen-bond donors (Lipinski definition) is 1. The van der Waals surface area contributed by atoms with E-state index in [1.807, 2.05) is 0 Å². The Kier molecular flexibility index (Phi) is 1.44. The summed E-state index contributed by atoms with van der Waals surface area (Å²) in [5.41, 5.74) is 4.77. The molecular weight excluding hydrogens is 143 g/mol. The highest BCUT2D eigenvalue weighted by Gasteiger charge is 2.04. The van der Waals surface area contributed by atoms with Gasteiger partial charge >= 0.3 is 0 Å². The molecule has 9 heavy (non-hydrogen) atoms. The van der Waals surface area contributed by atoms with E-state index in [0.29, 0.717) is 11.3 Å². The maximum atomic E-state index is 12.0. The Balaban J connectivity index is 2.98. The number of nitrogens with two attached hydrogens (primary N) is 1. The molecular formula is C4H3FN2OS. The van der Waals surface area contributed by atoms with Crippen LogP contribution in [0.25, 0.3) is 0 Å². The Labute approximate surface area is 54.3 Å². The summed E-state index contributed by atoms with van der Waals surface area (Å²) in [5, 5.41) is -0.490. The molecule has 1 aromatic rings. The lowest BCUT2D eigenvalue weighted by Crippen LogP contribution is -2.09. The van der Waals surface area contributed by atoms with E-state index in [2.05, 4.69) is 4.98 Å². The van der Waals surface area contributed by atoms with Crippen molar-refractivity contribution < 1.29 is 9.18 Å². The van der Waals surface area contributed by atoms with Gasteiger partial charge in [0.05, 0.1) is 6.20 Å². The first kappa shape index (κ1) is 6.15. The van der Waals surface area contributed by atoms with Gasteiger partial charge in [-0.3, -0.25) is 4.79 Å². The smallest absolute Gasteiger partial charge is 0.277 e. The van der Waals surface area contributed by atoms with E-state index in [0.717, 1.165) is 6.20 Å². The fourth-order valence-corrected chi connectivity index (χ4v) is 0.864. The summed E-state index contributed by atoms with van der Waals surface area (Å²) < 4.78 is 12.0. The summed E-state index contributed by atoms with van der Waals surface area (Å²) in [6.07, 6.45) is 0.963. The molecule has 0 fully saturated rings. The van der Waals surface area contributed by atoms with E-state index in [4.69, 9.17) is 5.73 Å². The van der Waals surface area contributed by atoms with Crippen LogP contribution in [-0.4, -0.2) is 10.9 Å². The molecule has 0 aliphatic carbocycles. The molecule has 0 radical (unpaired) electrons. The number of hydrogen-bond acceptors (Lipinski definition) is 3.